The average Bonchev–Trinajstić information content (AvgIpc) is 2.76. The number of hydrogen-bond donors (Lipinski definition) is 3. The molecule has 1 saturated heterocycles. The molecule has 2 rings (SSSR count). The number of likely N-dealkylation sites (N-methyl/N-ethyl adjacent to an activating group) is 1. The molecule has 1 aromatic carbocycles. The normalized spacial score (nSPS) is 32.4. The highest BCUT2D eigenvalue weighted by Gasteiger charge is 2.46. The van der Waals surface area contributed by atoms with E-state index in [1.54, 1.807) is 7.05 Å². The third-order valence-corrected chi connectivity index (χ3v) is 3.52. The van der Waals surface area contributed by atoms with Crippen LogP contribution >= 0.6 is 0 Å². The molecule has 1 aliphatic heterocycles. The second-order valence-corrected chi connectivity index (χ2v) is 4.77. The summed E-state index contributed by atoms with van der Waals surface area (Å²) >= 11 is 0. The van der Waals surface area contributed by atoms with Gasteiger partial charge in [0, 0.05) is 13.5 Å². The van der Waals surface area contributed by atoms with Gasteiger partial charge in [-0.3, -0.25) is 0 Å². The molecule has 0 aliphatic carbocycles. The molecular formula is C14H21NO4. The molecule has 0 spiro atoms. The Morgan fingerprint density at radius 3 is 2.63 bits per heavy atom. The molecule has 5 heteroatoms. The topological polar surface area (TPSA) is 71.0 Å². The molecule has 0 amide bonds. The van der Waals surface area contributed by atoms with Gasteiger partial charge in [-0.1, -0.05) is 30.3 Å². The molecule has 0 saturated carbocycles. The molecule has 0 radical (unpaired) electrons. The van der Waals surface area contributed by atoms with Gasteiger partial charge < -0.3 is 25.0 Å². The first kappa shape index (κ1) is 14.4. The zero-order valence-corrected chi connectivity index (χ0v) is 11.2. The minimum absolute atomic E-state index is 0.344. The summed E-state index contributed by atoms with van der Waals surface area (Å²) in [6, 6.07) is 9.36. The molecule has 19 heavy (non-hydrogen) atoms. The van der Waals surface area contributed by atoms with E-state index in [1.165, 1.54) is 7.11 Å². The summed E-state index contributed by atoms with van der Waals surface area (Å²) in [5.74, 6) is 0. The fraction of sp³-hybridized carbons (Fsp3) is 0.571. The van der Waals surface area contributed by atoms with Gasteiger partial charge in [0.05, 0.1) is 12.1 Å². The summed E-state index contributed by atoms with van der Waals surface area (Å²) in [7, 11) is 3.21. The van der Waals surface area contributed by atoms with Gasteiger partial charge in [-0.2, -0.15) is 0 Å². The summed E-state index contributed by atoms with van der Waals surface area (Å²) in [6.07, 6.45) is -2.20. The van der Waals surface area contributed by atoms with Crippen LogP contribution in [0.25, 0.3) is 0 Å². The van der Waals surface area contributed by atoms with Crippen molar-refractivity contribution < 1.29 is 19.7 Å². The van der Waals surface area contributed by atoms with Crippen LogP contribution in [0, 0.1) is 0 Å². The fourth-order valence-corrected chi connectivity index (χ4v) is 2.52. The molecular weight excluding hydrogens is 246 g/mol. The second kappa shape index (κ2) is 6.45. The zero-order chi connectivity index (χ0) is 13.8. The molecule has 3 N–H and O–H groups in total. The van der Waals surface area contributed by atoms with Crippen molar-refractivity contribution in [2.75, 3.05) is 14.2 Å². The van der Waals surface area contributed by atoms with Crippen molar-refractivity contribution in [3.63, 3.8) is 0 Å². The van der Waals surface area contributed by atoms with Crippen LogP contribution in [0.3, 0.4) is 0 Å². The van der Waals surface area contributed by atoms with Gasteiger partial charge in [0.1, 0.15) is 12.2 Å². The third kappa shape index (κ3) is 3.13. The molecule has 1 unspecified atom stereocenters. The van der Waals surface area contributed by atoms with Gasteiger partial charge in [0.2, 0.25) is 0 Å². The Bertz CT molecular complexity index is 386. The van der Waals surface area contributed by atoms with E-state index in [1.807, 2.05) is 30.3 Å². The summed E-state index contributed by atoms with van der Waals surface area (Å²) in [5, 5.41) is 23.3. The number of aliphatic hydroxyl groups excluding tert-OH is 2. The summed E-state index contributed by atoms with van der Waals surface area (Å²) in [5.41, 5.74) is 1.03. The van der Waals surface area contributed by atoms with E-state index in [9.17, 15) is 10.2 Å². The van der Waals surface area contributed by atoms with E-state index in [-0.39, 0.29) is 6.04 Å². The first-order chi connectivity index (χ1) is 9.17. The maximum atomic E-state index is 10.3. The first-order valence-electron chi connectivity index (χ1n) is 6.43. The van der Waals surface area contributed by atoms with E-state index in [0.29, 0.717) is 6.42 Å². The largest absolute Gasteiger partial charge is 0.390 e. The van der Waals surface area contributed by atoms with Crippen molar-refractivity contribution in [3.8, 4) is 0 Å². The van der Waals surface area contributed by atoms with Crippen LogP contribution in [0.1, 0.15) is 5.56 Å². The fourth-order valence-electron chi connectivity index (χ4n) is 2.52. The smallest absolute Gasteiger partial charge is 0.185 e. The number of benzene rings is 1. The van der Waals surface area contributed by atoms with Crippen LogP contribution in [-0.2, 0) is 15.9 Å². The van der Waals surface area contributed by atoms with Crippen LogP contribution in [0.5, 0.6) is 0 Å². The number of hydrogen-bond acceptors (Lipinski definition) is 5. The first-order valence-corrected chi connectivity index (χ1v) is 6.43. The molecule has 5 nitrogen and oxygen atoms in total. The Morgan fingerprint density at radius 2 is 2.05 bits per heavy atom. The van der Waals surface area contributed by atoms with Crippen LogP contribution in [0.15, 0.2) is 30.3 Å². The summed E-state index contributed by atoms with van der Waals surface area (Å²) < 4.78 is 10.6. The van der Waals surface area contributed by atoms with Gasteiger partial charge in [0.15, 0.2) is 6.29 Å². The van der Waals surface area contributed by atoms with Gasteiger partial charge in [0.25, 0.3) is 0 Å². The van der Waals surface area contributed by atoms with Crippen molar-refractivity contribution >= 4 is 0 Å². The van der Waals surface area contributed by atoms with Crippen molar-refractivity contribution in [2.45, 2.75) is 37.1 Å². The Kier molecular flexibility index (Phi) is 4.90. The SMILES string of the molecule is CN[C@@H]1[C@@H](O)[C@@H](OC)O[C@@H]1C(O)Cc1ccccc1. The minimum atomic E-state index is -0.787. The highest BCUT2D eigenvalue weighted by Crippen LogP contribution is 2.25. The second-order valence-electron chi connectivity index (χ2n) is 4.77. The number of rotatable bonds is 5. The van der Waals surface area contributed by atoms with Gasteiger partial charge in [-0.05, 0) is 12.6 Å². The van der Waals surface area contributed by atoms with Crippen LogP contribution in [0.4, 0.5) is 0 Å². The van der Waals surface area contributed by atoms with E-state index >= 15 is 0 Å². The van der Waals surface area contributed by atoms with Crippen molar-refractivity contribution in [1.82, 2.24) is 5.32 Å². The lowest BCUT2D eigenvalue weighted by atomic mass is 9.98. The average molecular weight is 267 g/mol. The highest BCUT2D eigenvalue weighted by molar-refractivity contribution is 5.16. The van der Waals surface area contributed by atoms with Gasteiger partial charge >= 0.3 is 0 Å². The van der Waals surface area contributed by atoms with Gasteiger partial charge in [-0.15, -0.1) is 0 Å². The molecule has 1 fully saturated rings. The minimum Gasteiger partial charge on any atom is -0.390 e. The molecule has 0 aromatic heterocycles. The standard InChI is InChI=1S/C14H21NO4/c1-15-11-12(17)14(18-2)19-13(11)10(16)8-9-6-4-3-5-7-9/h3-7,10-17H,8H2,1-2H3/t10?,11-,12-,13-,14+/m1/s1. The predicted octanol–water partition coefficient (Wildman–Crippen LogP) is -0.0898. The zero-order valence-electron chi connectivity index (χ0n) is 11.2. The van der Waals surface area contributed by atoms with Crippen LogP contribution in [0.2, 0.25) is 0 Å². The number of ether oxygens (including phenoxy) is 2. The molecule has 1 heterocycles. The molecule has 1 aromatic rings. The van der Waals surface area contributed by atoms with Crippen LogP contribution in [-0.4, -0.2) is 55.0 Å². The predicted molar refractivity (Wildman–Crippen MR) is 70.7 cm³/mol. The Hall–Kier alpha value is -0.980. The van der Waals surface area contributed by atoms with Gasteiger partial charge in [-0.25, -0.2) is 0 Å². The Balaban J connectivity index is 2.04. The van der Waals surface area contributed by atoms with E-state index in [4.69, 9.17) is 9.47 Å². The lowest BCUT2D eigenvalue weighted by Gasteiger charge is -2.24. The lowest BCUT2D eigenvalue weighted by Crippen LogP contribution is -2.48. The number of aliphatic hydroxyl groups is 2. The summed E-state index contributed by atoms with van der Waals surface area (Å²) in [4.78, 5) is 0. The molecule has 106 valence electrons. The van der Waals surface area contributed by atoms with Crippen molar-refractivity contribution in [3.05, 3.63) is 35.9 Å². The van der Waals surface area contributed by atoms with Crippen molar-refractivity contribution in [1.29, 1.82) is 0 Å². The Morgan fingerprint density at radius 1 is 1.37 bits per heavy atom. The highest BCUT2D eigenvalue weighted by atomic mass is 16.7. The Labute approximate surface area is 113 Å². The van der Waals surface area contributed by atoms with E-state index in [2.05, 4.69) is 5.32 Å². The van der Waals surface area contributed by atoms with E-state index in [0.717, 1.165) is 5.56 Å². The number of nitrogens with one attached hydrogen (secondary N) is 1. The lowest BCUT2D eigenvalue weighted by molar-refractivity contribution is -0.163. The number of methoxy groups -OCH3 is 1. The summed E-state index contributed by atoms with van der Waals surface area (Å²) in [6.45, 7) is 0. The monoisotopic (exact) mass is 267 g/mol. The molecule has 5 atom stereocenters. The van der Waals surface area contributed by atoms with Crippen molar-refractivity contribution in [2.24, 2.45) is 0 Å². The third-order valence-electron chi connectivity index (χ3n) is 3.52. The van der Waals surface area contributed by atoms with Crippen LogP contribution < -0.4 is 5.32 Å². The van der Waals surface area contributed by atoms with E-state index < -0.39 is 24.6 Å². The molecule has 0 bridgehead atoms. The molecule has 1 aliphatic rings. The maximum Gasteiger partial charge on any atom is 0.185 e. The maximum absolute atomic E-state index is 10.3. The quantitative estimate of drug-likeness (QED) is 0.695.